The number of anilines is 1. The lowest BCUT2D eigenvalue weighted by Gasteiger charge is -2.13. The summed E-state index contributed by atoms with van der Waals surface area (Å²) >= 11 is 0. The van der Waals surface area contributed by atoms with Gasteiger partial charge in [0.25, 0.3) is 10.0 Å². The molecule has 0 saturated heterocycles. The first-order chi connectivity index (χ1) is 9.81. The van der Waals surface area contributed by atoms with Gasteiger partial charge in [0.2, 0.25) is 0 Å². The van der Waals surface area contributed by atoms with Crippen LogP contribution in [0.3, 0.4) is 0 Å². The van der Waals surface area contributed by atoms with Crippen LogP contribution >= 0.6 is 0 Å². The van der Waals surface area contributed by atoms with Gasteiger partial charge >= 0.3 is 0 Å². The maximum atomic E-state index is 13.1. The minimum Gasteiger partial charge on any atom is -0.384 e. The third-order valence-corrected chi connectivity index (χ3v) is 4.11. The van der Waals surface area contributed by atoms with E-state index < -0.39 is 15.8 Å². The van der Waals surface area contributed by atoms with E-state index >= 15 is 0 Å². The number of nitrogen functional groups attached to an aromatic ring is 1. The van der Waals surface area contributed by atoms with Crippen LogP contribution in [0.15, 0.2) is 41.6 Å². The van der Waals surface area contributed by atoms with E-state index in [4.69, 9.17) is 11.1 Å². The molecule has 110 valence electrons. The summed E-state index contributed by atoms with van der Waals surface area (Å²) in [6.45, 7) is 1.71. The van der Waals surface area contributed by atoms with Gasteiger partial charge in [0.05, 0.1) is 11.9 Å². The highest BCUT2D eigenvalue weighted by molar-refractivity contribution is 7.92. The Bertz CT molecular complexity index is 806. The van der Waals surface area contributed by atoms with Crippen molar-refractivity contribution in [3.63, 3.8) is 0 Å². The van der Waals surface area contributed by atoms with E-state index in [-0.39, 0.29) is 22.0 Å². The highest BCUT2D eigenvalue weighted by Gasteiger charge is 2.18. The van der Waals surface area contributed by atoms with Crippen LogP contribution in [0.5, 0.6) is 0 Å². The fourth-order valence-electron chi connectivity index (χ4n) is 1.85. The van der Waals surface area contributed by atoms with Gasteiger partial charge in [0, 0.05) is 11.8 Å². The SMILES string of the molecule is Cc1cccc(NS(=O)(=O)c2cncc(F)c2)c1C(=N)N. The second kappa shape index (κ2) is 5.49. The van der Waals surface area contributed by atoms with Gasteiger partial charge in [-0.2, -0.15) is 0 Å². The van der Waals surface area contributed by atoms with Gasteiger partial charge < -0.3 is 5.73 Å². The minimum atomic E-state index is -4.01. The van der Waals surface area contributed by atoms with Crippen LogP contribution in [0.2, 0.25) is 0 Å². The molecule has 6 nitrogen and oxygen atoms in total. The lowest BCUT2D eigenvalue weighted by atomic mass is 10.1. The van der Waals surface area contributed by atoms with Crippen LogP contribution in [0.25, 0.3) is 0 Å². The van der Waals surface area contributed by atoms with E-state index in [0.717, 1.165) is 18.5 Å². The van der Waals surface area contributed by atoms with Crippen molar-refractivity contribution in [1.82, 2.24) is 4.98 Å². The number of hydrogen-bond donors (Lipinski definition) is 3. The molecule has 1 heterocycles. The van der Waals surface area contributed by atoms with Crippen LogP contribution < -0.4 is 10.5 Å². The Balaban J connectivity index is 2.47. The largest absolute Gasteiger partial charge is 0.384 e. The van der Waals surface area contributed by atoms with E-state index in [2.05, 4.69) is 9.71 Å². The summed E-state index contributed by atoms with van der Waals surface area (Å²) in [5.41, 5.74) is 6.57. The average Bonchev–Trinajstić information content (AvgIpc) is 2.37. The number of aryl methyl sites for hydroxylation is 1. The van der Waals surface area contributed by atoms with Gasteiger partial charge in [-0.05, 0) is 24.6 Å². The molecule has 0 spiro atoms. The van der Waals surface area contributed by atoms with Crippen LogP contribution in [0.4, 0.5) is 10.1 Å². The van der Waals surface area contributed by atoms with Crippen molar-refractivity contribution in [1.29, 1.82) is 5.41 Å². The Morgan fingerprint density at radius 3 is 2.71 bits per heavy atom. The molecule has 0 fully saturated rings. The second-order valence-electron chi connectivity index (χ2n) is 4.36. The molecule has 21 heavy (non-hydrogen) atoms. The van der Waals surface area contributed by atoms with Crippen LogP contribution in [0.1, 0.15) is 11.1 Å². The van der Waals surface area contributed by atoms with Gasteiger partial charge in [0.1, 0.15) is 16.5 Å². The number of nitrogens with zero attached hydrogens (tertiary/aromatic N) is 1. The van der Waals surface area contributed by atoms with Gasteiger partial charge in [-0.1, -0.05) is 12.1 Å². The Kier molecular flexibility index (Phi) is 3.90. The van der Waals surface area contributed by atoms with E-state index in [1.54, 1.807) is 19.1 Å². The molecule has 0 amide bonds. The number of nitrogens with one attached hydrogen (secondary N) is 2. The molecule has 0 unspecified atom stereocenters. The van der Waals surface area contributed by atoms with Crippen LogP contribution in [0, 0.1) is 18.2 Å². The zero-order valence-corrected chi connectivity index (χ0v) is 11.9. The number of nitrogens with two attached hydrogens (primary N) is 1. The minimum absolute atomic E-state index is 0.159. The summed E-state index contributed by atoms with van der Waals surface area (Å²) < 4.78 is 39.8. The first-order valence-corrected chi connectivity index (χ1v) is 7.37. The first-order valence-electron chi connectivity index (χ1n) is 5.88. The molecule has 2 aromatic rings. The number of halogens is 1. The fourth-order valence-corrected chi connectivity index (χ4v) is 2.90. The second-order valence-corrected chi connectivity index (χ2v) is 6.04. The molecule has 0 aliphatic heterocycles. The number of sulfonamides is 1. The highest BCUT2D eigenvalue weighted by atomic mass is 32.2. The van der Waals surface area contributed by atoms with E-state index in [1.165, 1.54) is 6.07 Å². The van der Waals surface area contributed by atoms with Gasteiger partial charge in [0.15, 0.2) is 0 Å². The van der Waals surface area contributed by atoms with Crippen molar-refractivity contribution >= 4 is 21.5 Å². The summed E-state index contributed by atoms with van der Waals surface area (Å²) in [5.74, 6) is -1.02. The monoisotopic (exact) mass is 308 g/mol. The number of amidine groups is 1. The molecule has 8 heteroatoms. The normalized spacial score (nSPS) is 11.1. The topological polar surface area (TPSA) is 109 Å². The third-order valence-electron chi connectivity index (χ3n) is 2.78. The lowest BCUT2D eigenvalue weighted by molar-refractivity contribution is 0.592. The van der Waals surface area contributed by atoms with Crippen LogP contribution in [-0.4, -0.2) is 19.2 Å². The molecule has 0 saturated carbocycles. The van der Waals surface area contributed by atoms with Crippen LogP contribution in [-0.2, 0) is 10.0 Å². The molecule has 0 bridgehead atoms. The van der Waals surface area contributed by atoms with E-state index in [0.29, 0.717) is 5.56 Å². The smallest absolute Gasteiger partial charge is 0.263 e. The van der Waals surface area contributed by atoms with E-state index in [1.807, 2.05) is 0 Å². The Hall–Kier alpha value is -2.48. The average molecular weight is 308 g/mol. The Morgan fingerprint density at radius 1 is 1.38 bits per heavy atom. The fraction of sp³-hybridized carbons (Fsp3) is 0.0769. The molecular formula is C13H13FN4O2S. The summed E-state index contributed by atoms with van der Waals surface area (Å²) in [4.78, 5) is 3.20. The van der Waals surface area contributed by atoms with Gasteiger partial charge in [-0.3, -0.25) is 15.1 Å². The molecule has 0 aliphatic carbocycles. The highest BCUT2D eigenvalue weighted by Crippen LogP contribution is 2.22. The number of rotatable bonds is 4. The molecule has 0 aliphatic rings. The standard InChI is InChI=1S/C13H13FN4O2S/c1-8-3-2-4-11(12(8)13(15)16)18-21(19,20)10-5-9(14)6-17-7-10/h2-7,18H,1H3,(H3,15,16). The lowest BCUT2D eigenvalue weighted by Crippen LogP contribution is -2.20. The molecule has 0 atom stereocenters. The zero-order chi connectivity index (χ0) is 15.6. The molecule has 4 N–H and O–H groups in total. The molecule has 1 aromatic carbocycles. The van der Waals surface area contributed by atoms with Crippen molar-refractivity contribution in [2.24, 2.45) is 5.73 Å². The van der Waals surface area contributed by atoms with Gasteiger partial charge in [-0.25, -0.2) is 12.8 Å². The first kappa shape index (κ1) is 14.9. The zero-order valence-electron chi connectivity index (χ0n) is 11.1. The number of pyridine rings is 1. The Labute approximate surface area is 121 Å². The predicted octanol–water partition coefficient (Wildman–Crippen LogP) is 1.61. The Morgan fingerprint density at radius 2 is 2.10 bits per heavy atom. The summed E-state index contributed by atoms with van der Waals surface area (Å²) in [6, 6.07) is 5.67. The number of aromatic nitrogens is 1. The number of hydrogen-bond acceptors (Lipinski definition) is 4. The molecule has 1 aromatic heterocycles. The van der Waals surface area contributed by atoms with E-state index in [9.17, 15) is 12.8 Å². The van der Waals surface area contributed by atoms with Crippen molar-refractivity contribution in [3.05, 3.63) is 53.6 Å². The quantitative estimate of drug-likeness (QED) is 0.589. The van der Waals surface area contributed by atoms with Crippen molar-refractivity contribution < 1.29 is 12.8 Å². The molecular weight excluding hydrogens is 295 g/mol. The summed E-state index contributed by atoms with van der Waals surface area (Å²) in [6.07, 6.45) is 1.95. The third kappa shape index (κ3) is 3.16. The maximum Gasteiger partial charge on any atom is 0.263 e. The molecule has 2 rings (SSSR count). The molecule has 0 radical (unpaired) electrons. The maximum absolute atomic E-state index is 13.1. The predicted molar refractivity (Wildman–Crippen MR) is 77.2 cm³/mol. The van der Waals surface area contributed by atoms with Gasteiger partial charge in [-0.15, -0.1) is 0 Å². The summed E-state index contributed by atoms with van der Waals surface area (Å²) in [5, 5.41) is 7.53. The number of benzene rings is 1. The van der Waals surface area contributed by atoms with Crippen molar-refractivity contribution in [2.75, 3.05) is 4.72 Å². The van der Waals surface area contributed by atoms with Crippen molar-refractivity contribution in [2.45, 2.75) is 11.8 Å². The summed E-state index contributed by atoms with van der Waals surface area (Å²) in [7, 11) is -4.01. The van der Waals surface area contributed by atoms with Crippen molar-refractivity contribution in [3.8, 4) is 0 Å².